The molecule has 3 aromatic rings. The highest BCUT2D eigenvalue weighted by atomic mass is 32.1. The molecule has 2 aromatic carbocycles. The fourth-order valence-electron chi connectivity index (χ4n) is 2.74. The SMILES string of the molecule is Cc1cc(C)cc(CC(O)Cc2nc3ccccc3s2)c1. The maximum absolute atomic E-state index is 10.3. The second kappa shape index (κ2) is 5.96. The van der Waals surface area contributed by atoms with Gasteiger partial charge in [-0.05, 0) is 38.0 Å². The van der Waals surface area contributed by atoms with Crippen molar-refractivity contribution in [1.29, 1.82) is 0 Å². The van der Waals surface area contributed by atoms with E-state index in [1.807, 2.05) is 18.2 Å². The number of fused-ring (bicyclic) bond motifs is 1. The van der Waals surface area contributed by atoms with Crippen molar-refractivity contribution < 1.29 is 5.11 Å². The third-order valence-electron chi connectivity index (χ3n) is 3.50. The second-order valence-electron chi connectivity index (χ2n) is 5.63. The summed E-state index contributed by atoms with van der Waals surface area (Å²) in [7, 11) is 0. The average Bonchev–Trinajstić information content (AvgIpc) is 2.78. The van der Waals surface area contributed by atoms with E-state index in [2.05, 4.69) is 43.1 Å². The van der Waals surface area contributed by atoms with E-state index in [1.165, 1.54) is 21.4 Å². The minimum Gasteiger partial charge on any atom is -0.392 e. The zero-order valence-electron chi connectivity index (χ0n) is 12.3. The molecule has 0 saturated carbocycles. The molecule has 0 amide bonds. The van der Waals surface area contributed by atoms with Crippen molar-refractivity contribution in [3.05, 3.63) is 64.2 Å². The maximum Gasteiger partial charge on any atom is 0.0964 e. The van der Waals surface area contributed by atoms with Crippen LogP contribution in [0.15, 0.2) is 42.5 Å². The van der Waals surface area contributed by atoms with Crippen molar-refractivity contribution in [3.8, 4) is 0 Å². The fourth-order valence-corrected chi connectivity index (χ4v) is 3.78. The first-order chi connectivity index (χ1) is 10.1. The van der Waals surface area contributed by atoms with Gasteiger partial charge in [-0.15, -0.1) is 11.3 Å². The molecule has 21 heavy (non-hydrogen) atoms. The third kappa shape index (κ3) is 3.49. The molecule has 0 bridgehead atoms. The number of aliphatic hydroxyl groups excluding tert-OH is 1. The first-order valence-electron chi connectivity index (χ1n) is 7.20. The Kier molecular flexibility index (Phi) is 4.04. The van der Waals surface area contributed by atoms with Crippen LogP contribution >= 0.6 is 11.3 Å². The molecule has 3 rings (SSSR count). The van der Waals surface area contributed by atoms with Crippen LogP contribution in [0.1, 0.15) is 21.7 Å². The monoisotopic (exact) mass is 297 g/mol. The number of hydrogen-bond acceptors (Lipinski definition) is 3. The van der Waals surface area contributed by atoms with Crippen LogP contribution in [-0.4, -0.2) is 16.2 Å². The Balaban J connectivity index is 1.72. The summed E-state index contributed by atoms with van der Waals surface area (Å²) in [4.78, 5) is 4.59. The van der Waals surface area contributed by atoms with Crippen molar-refractivity contribution in [2.24, 2.45) is 0 Å². The number of para-hydroxylation sites is 1. The molecule has 1 unspecified atom stereocenters. The normalized spacial score (nSPS) is 12.7. The zero-order valence-corrected chi connectivity index (χ0v) is 13.2. The number of thiazole rings is 1. The molecule has 108 valence electrons. The summed E-state index contributed by atoms with van der Waals surface area (Å²) in [5, 5.41) is 11.3. The highest BCUT2D eigenvalue weighted by Gasteiger charge is 2.11. The second-order valence-corrected chi connectivity index (χ2v) is 6.75. The van der Waals surface area contributed by atoms with Gasteiger partial charge in [-0.25, -0.2) is 4.98 Å². The van der Waals surface area contributed by atoms with E-state index in [1.54, 1.807) is 11.3 Å². The Labute approximate surface area is 129 Å². The Morgan fingerprint density at radius 3 is 2.48 bits per heavy atom. The lowest BCUT2D eigenvalue weighted by Crippen LogP contribution is -2.14. The topological polar surface area (TPSA) is 33.1 Å². The molecule has 2 nitrogen and oxygen atoms in total. The summed E-state index contributed by atoms with van der Waals surface area (Å²) in [6, 6.07) is 14.6. The van der Waals surface area contributed by atoms with E-state index < -0.39 is 0 Å². The van der Waals surface area contributed by atoms with Gasteiger partial charge in [-0.3, -0.25) is 0 Å². The van der Waals surface area contributed by atoms with Gasteiger partial charge in [0, 0.05) is 6.42 Å². The zero-order chi connectivity index (χ0) is 14.8. The molecule has 1 aromatic heterocycles. The van der Waals surface area contributed by atoms with E-state index in [-0.39, 0.29) is 6.10 Å². The number of aromatic nitrogens is 1. The third-order valence-corrected chi connectivity index (χ3v) is 4.56. The average molecular weight is 297 g/mol. The first kappa shape index (κ1) is 14.2. The molecule has 0 aliphatic rings. The van der Waals surface area contributed by atoms with Gasteiger partial charge in [0.2, 0.25) is 0 Å². The molecular weight excluding hydrogens is 278 g/mol. The molecule has 1 N–H and O–H groups in total. The van der Waals surface area contributed by atoms with E-state index in [9.17, 15) is 5.11 Å². The molecule has 0 spiro atoms. The number of aryl methyl sites for hydroxylation is 2. The standard InChI is InChI=1S/C18H19NOS/c1-12-7-13(2)9-14(8-12)10-15(20)11-18-19-16-5-3-4-6-17(16)21-18/h3-9,15,20H,10-11H2,1-2H3. The summed E-state index contributed by atoms with van der Waals surface area (Å²) in [5.74, 6) is 0. The lowest BCUT2D eigenvalue weighted by atomic mass is 10.0. The highest BCUT2D eigenvalue weighted by molar-refractivity contribution is 7.18. The Morgan fingerprint density at radius 2 is 1.76 bits per heavy atom. The Bertz CT molecular complexity index is 710. The fraction of sp³-hybridized carbons (Fsp3) is 0.278. The molecular formula is C18H19NOS. The van der Waals surface area contributed by atoms with Crippen LogP contribution in [0.25, 0.3) is 10.2 Å². The van der Waals surface area contributed by atoms with Gasteiger partial charge in [-0.1, -0.05) is 41.5 Å². The van der Waals surface area contributed by atoms with Crippen LogP contribution in [0, 0.1) is 13.8 Å². The van der Waals surface area contributed by atoms with Crippen LogP contribution in [0.5, 0.6) is 0 Å². The van der Waals surface area contributed by atoms with E-state index >= 15 is 0 Å². The summed E-state index contributed by atoms with van der Waals surface area (Å²) in [5.41, 5.74) is 4.71. The summed E-state index contributed by atoms with van der Waals surface area (Å²) in [6.45, 7) is 4.19. The Morgan fingerprint density at radius 1 is 1.05 bits per heavy atom. The van der Waals surface area contributed by atoms with Crippen LogP contribution in [0.3, 0.4) is 0 Å². The van der Waals surface area contributed by atoms with Crippen molar-refractivity contribution in [1.82, 2.24) is 4.98 Å². The number of nitrogens with zero attached hydrogens (tertiary/aromatic N) is 1. The predicted molar refractivity (Wildman–Crippen MR) is 89.0 cm³/mol. The van der Waals surface area contributed by atoms with Gasteiger partial charge in [0.15, 0.2) is 0 Å². The molecule has 1 atom stereocenters. The molecule has 0 radical (unpaired) electrons. The van der Waals surface area contributed by atoms with Crippen LogP contribution in [0.2, 0.25) is 0 Å². The van der Waals surface area contributed by atoms with E-state index in [0.717, 1.165) is 10.5 Å². The van der Waals surface area contributed by atoms with Crippen LogP contribution in [0.4, 0.5) is 0 Å². The predicted octanol–water partition coefficient (Wildman–Crippen LogP) is 4.06. The quantitative estimate of drug-likeness (QED) is 0.788. The van der Waals surface area contributed by atoms with Gasteiger partial charge >= 0.3 is 0 Å². The van der Waals surface area contributed by atoms with Gasteiger partial charge in [0.05, 0.1) is 21.3 Å². The van der Waals surface area contributed by atoms with Gasteiger partial charge in [0.25, 0.3) is 0 Å². The molecule has 0 saturated heterocycles. The van der Waals surface area contributed by atoms with Crippen molar-refractivity contribution in [3.63, 3.8) is 0 Å². The van der Waals surface area contributed by atoms with Gasteiger partial charge in [0.1, 0.15) is 0 Å². The minimum atomic E-state index is -0.383. The van der Waals surface area contributed by atoms with E-state index in [4.69, 9.17) is 0 Å². The molecule has 0 aliphatic heterocycles. The van der Waals surface area contributed by atoms with Gasteiger partial charge < -0.3 is 5.11 Å². The van der Waals surface area contributed by atoms with Crippen LogP contribution < -0.4 is 0 Å². The Hall–Kier alpha value is -1.71. The lowest BCUT2D eigenvalue weighted by molar-refractivity contribution is 0.175. The number of hydrogen-bond donors (Lipinski definition) is 1. The molecule has 0 aliphatic carbocycles. The maximum atomic E-state index is 10.3. The first-order valence-corrected chi connectivity index (χ1v) is 8.01. The molecule has 0 fully saturated rings. The number of benzene rings is 2. The summed E-state index contributed by atoms with van der Waals surface area (Å²) in [6.07, 6.45) is 0.914. The van der Waals surface area contributed by atoms with Gasteiger partial charge in [-0.2, -0.15) is 0 Å². The number of rotatable bonds is 4. The smallest absolute Gasteiger partial charge is 0.0964 e. The molecule has 1 heterocycles. The lowest BCUT2D eigenvalue weighted by Gasteiger charge is -2.10. The van der Waals surface area contributed by atoms with Crippen molar-refractivity contribution in [2.45, 2.75) is 32.8 Å². The molecule has 3 heteroatoms. The largest absolute Gasteiger partial charge is 0.392 e. The minimum absolute atomic E-state index is 0.383. The summed E-state index contributed by atoms with van der Waals surface area (Å²) < 4.78 is 1.19. The number of aliphatic hydroxyl groups is 1. The van der Waals surface area contributed by atoms with E-state index in [0.29, 0.717) is 12.8 Å². The summed E-state index contributed by atoms with van der Waals surface area (Å²) >= 11 is 1.67. The van der Waals surface area contributed by atoms with Crippen molar-refractivity contribution in [2.75, 3.05) is 0 Å². The van der Waals surface area contributed by atoms with Crippen LogP contribution in [-0.2, 0) is 12.8 Å². The van der Waals surface area contributed by atoms with Crippen molar-refractivity contribution >= 4 is 21.6 Å². The highest BCUT2D eigenvalue weighted by Crippen LogP contribution is 2.23.